The fourth-order valence-electron chi connectivity index (χ4n) is 1.56. The molecule has 6 heteroatoms. The lowest BCUT2D eigenvalue weighted by Gasteiger charge is -2.20. The molecule has 0 atom stereocenters. The highest BCUT2D eigenvalue weighted by Crippen LogP contribution is 2.24. The van der Waals surface area contributed by atoms with Crippen LogP contribution < -0.4 is 10.1 Å². The van der Waals surface area contributed by atoms with E-state index in [1.54, 1.807) is 30.6 Å². The maximum absolute atomic E-state index is 6.16. The molecule has 0 radical (unpaired) electrons. The van der Waals surface area contributed by atoms with Gasteiger partial charge in [0.05, 0.1) is 21.9 Å². The van der Waals surface area contributed by atoms with Gasteiger partial charge >= 0.3 is 0 Å². The third kappa shape index (κ3) is 5.16. The number of nitrogens with one attached hydrogen (secondary N) is 1. The fourth-order valence-corrected chi connectivity index (χ4v) is 1.90. The van der Waals surface area contributed by atoms with Crippen molar-refractivity contribution in [2.24, 2.45) is 0 Å². The quantitative estimate of drug-likeness (QED) is 0.901. The van der Waals surface area contributed by atoms with Crippen molar-refractivity contribution >= 4 is 23.2 Å². The first-order chi connectivity index (χ1) is 9.83. The number of ether oxygens (including phenoxy) is 1. The first kappa shape index (κ1) is 16.0. The van der Waals surface area contributed by atoms with E-state index in [4.69, 9.17) is 27.9 Å². The molecule has 0 fully saturated rings. The Balaban J connectivity index is 2.14. The van der Waals surface area contributed by atoms with E-state index in [2.05, 4.69) is 36.1 Å². The second-order valence-electron chi connectivity index (χ2n) is 5.62. The second-order valence-corrected chi connectivity index (χ2v) is 6.47. The van der Waals surface area contributed by atoms with Crippen LogP contribution in [0.15, 0.2) is 30.6 Å². The van der Waals surface area contributed by atoms with Gasteiger partial charge in [-0.2, -0.15) is 0 Å². The summed E-state index contributed by atoms with van der Waals surface area (Å²) < 4.78 is 5.64. The molecule has 0 aromatic carbocycles. The van der Waals surface area contributed by atoms with Gasteiger partial charge in [-0.15, -0.1) is 0 Å². The average Bonchev–Trinajstić information content (AvgIpc) is 2.38. The van der Waals surface area contributed by atoms with Crippen LogP contribution in [0.3, 0.4) is 0 Å². The smallest absolute Gasteiger partial charge is 0.219 e. The van der Waals surface area contributed by atoms with Crippen molar-refractivity contribution in [1.82, 2.24) is 15.3 Å². The highest BCUT2D eigenvalue weighted by atomic mass is 35.5. The minimum atomic E-state index is -0.0151. The molecular formula is C15H17Cl2N3O. The number of hydrogen-bond donors (Lipinski definition) is 1. The van der Waals surface area contributed by atoms with Crippen molar-refractivity contribution in [2.75, 3.05) is 0 Å². The number of pyridine rings is 2. The molecule has 0 spiro atoms. The molecule has 0 unspecified atom stereocenters. The van der Waals surface area contributed by atoms with E-state index in [1.807, 2.05) is 0 Å². The molecule has 2 heterocycles. The van der Waals surface area contributed by atoms with E-state index < -0.39 is 0 Å². The first-order valence-electron chi connectivity index (χ1n) is 6.52. The maximum Gasteiger partial charge on any atom is 0.219 e. The Bertz CT molecular complexity index is 627. The van der Waals surface area contributed by atoms with Crippen molar-refractivity contribution in [3.05, 3.63) is 46.3 Å². The molecule has 0 amide bonds. The van der Waals surface area contributed by atoms with Gasteiger partial charge in [0.2, 0.25) is 5.88 Å². The Labute approximate surface area is 134 Å². The molecule has 0 aliphatic carbocycles. The largest absolute Gasteiger partial charge is 0.437 e. The number of nitrogens with zero attached hydrogens (tertiary/aromatic N) is 2. The summed E-state index contributed by atoms with van der Waals surface area (Å²) in [6.07, 6.45) is 3.12. The van der Waals surface area contributed by atoms with Crippen LogP contribution in [0.2, 0.25) is 10.0 Å². The van der Waals surface area contributed by atoms with Crippen molar-refractivity contribution in [3.8, 4) is 11.6 Å². The summed E-state index contributed by atoms with van der Waals surface area (Å²) in [6, 6.07) is 5.16. The average molecular weight is 326 g/mol. The third-order valence-electron chi connectivity index (χ3n) is 2.58. The van der Waals surface area contributed by atoms with Gasteiger partial charge in [-0.1, -0.05) is 23.2 Å². The zero-order valence-corrected chi connectivity index (χ0v) is 13.7. The monoisotopic (exact) mass is 325 g/mol. The summed E-state index contributed by atoms with van der Waals surface area (Å²) in [4.78, 5) is 8.38. The summed E-state index contributed by atoms with van der Waals surface area (Å²) in [5, 5.41) is 4.45. The Morgan fingerprint density at radius 2 is 1.95 bits per heavy atom. The zero-order chi connectivity index (χ0) is 15.5. The molecule has 4 nitrogen and oxygen atoms in total. The van der Waals surface area contributed by atoms with Crippen LogP contribution in [0.4, 0.5) is 0 Å². The zero-order valence-electron chi connectivity index (χ0n) is 12.2. The van der Waals surface area contributed by atoms with Gasteiger partial charge in [0.25, 0.3) is 0 Å². The van der Waals surface area contributed by atoms with Crippen molar-refractivity contribution in [3.63, 3.8) is 0 Å². The van der Waals surface area contributed by atoms with E-state index in [9.17, 15) is 0 Å². The Hall–Kier alpha value is -1.36. The number of halogens is 2. The fraction of sp³-hybridized carbons (Fsp3) is 0.333. The molecule has 2 rings (SSSR count). The lowest BCUT2D eigenvalue weighted by Crippen LogP contribution is -2.35. The molecule has 0 aliphatic rings. The molecular weight excluding hydrogens is 309 g/mol. The number of aromatic nitrogens is 2. The minimum Gasteiger partial charge on any atom is -0.437 e. The summed E-state index contributed by atoms with van der Waals surface area (Å²) in [7, 11) is 0. The van der Waals surface area contributed by atoms with Gasteiger partial charge in [-0.05, 0) is 26.8 Å². The molecule has 0 saturated heterocycles. The van der Waals surface area contributed by atoms with Crippen molar-refractivity contribution < 1.29 is 4.74 Å². The van der Waals surface area contributed by atoms with E-state index in [-0.39, 0.29) is 5.54 Å². The standard InChI is InChI=1S/C15H17Cl2N3O/c1-15(2,3)19-9-13-12(17)4-5-14(20-13)21-11-6-10(16)7-18-8-11/h4-8,19H,9H2,1-3H3. The number of rotatable bonds is 4. The SMILES string of the molecule is CC(C)(C)NCc1nc(Oc2cncc(Cl)c2)ccc1Cl. The molecule has 112 valence electrons. The Morgan fingerprint density at radius 3 is 2.62 bits per heavy atom. The molecule has 0 bridgehead atoms. The predicted octanol–water partition coefficient (Wildman–Crippen LogP) is 4.46. The maximum atomic E-state index is 6.16. The summed E-state index contributed by atoms with van der Waals surface area (Å²) in [5.74, 6) is 0.987. The summed E-state index contributed by atoms with van der Waals surface area (Å²) in [5.41, 5.74) is 0.720. The van der Waals surface area contributed by atoms with Crippen LogP contribution in [0.1, 0.15) is 26.5 Å². The third-order valence-corrected chi connectivity index (χ3v) is 3.13. The predicted molar refractivity (Wildman–Crippen MR) is 85.2 cm³/mol. The normalized spacial score (nSPS) is 11.5. The van der Waals surface area contributed by atoms with E-state index in [0.29, 0.717) is 28.2 Å². The Morgan fingerprint density at radius 1 is 1.19 bits per heavy atom. The van der Waals surface area contributed by atoms with Crippen LogP contribution in [0.5, 0.6) is 11.6 Å². The van der Waals surface area contributed by atoms with E-state index in [1.165, 1.54) is 0 Å². The van der Waals surface area contributed by atoms with E-state index in [0.717, 1.165) is 5.69 Å². The highest BCUT2D eigenvalue weighted by molar-refractivity contribution is 6.31. The van der Waals surface area contributed by atoms with Crippen LogP contribution in [-0.2, 0) is 6.54 Å². The topological polar surface area (TPSA) is 47.0 Å². The summed E-state index contributed by atoms with van der Waals surface area (Å²) in [6.45, 7) is 6.81. The van der Waals surface area contributed by atoms with Gasteiger partial charge < -0.3 is 10.1 Å². The number of hydrogen-bond acceptors (Lipinski definition) is 4. The van der Waals surface area contributed by atoms with Crippen LogP contribution >= 0.6 is 23.2 Å². The molecule has 21 heavy (non-hydrogen) atoms. The van der Waals surface area contributed by atoms with Gasteiger partial charge in [0.15, 0.2) is 0 Å². The molecule has 0 saturated carbocycles. The first-order valence-corrected chi connectivity index (χ1v) is 7.28. The van der Waals surface area contributed by atoms with Gasteiger partial charge in [-0.25, -0.2) is 4.98 Å². The summed E-state index contributed by atoms with van der Waals surface area (Å²) >= 11 is 12.0. The van der Waals surface area contributed by atoms with Gasteiger partial charge in [-0.3, -0.25) is 4.98 Å². The molecule has 2 aromatic heterocycles. The van der Waals surface area contributed by atoms with Crippen molar-refractivity contribution in [1.29, 1.82) is 0 Å². The second kappa shape index (κ2) is 6.60. The van der Waals surface area contributed by atoms with E-state index >= 15 is 0 Å². The van der Waals surface area contributed by atoms with Crippen LogP contribution in [-0.4, -0.2) is 15.5 Å². The Kier molecular flexibility index (Phi) is 5.04. The lowest BCUT2D eigenvalue weighted by molar-refractivity contribution is 0.416. The van der Waals surface area contributed by atoms with Gasteiger partial charge in [0.1, 0.15) is 5.75 Å². The van der Waals surface area contributed by atoms with Crippen LogP contribution in [0.25, 0.3) is 0 Å². The van der Waals surface area contributed by atoms with Crippen molar-refractivity contribution in [2.45, 2.75) is 32.9 Å². The van der Waals surface area contributed by atoms with Crippen LogP contribution in [0, 0.1) is 0 Å². The molecule has 1 N–H and O–H groups in total. The minimum absolute atomic E-state index is 0.0151. The molecule has 2 aromatic rings. The van der Waals surface area contributed by atoms with Gasteiger partial charge in [0, 0.05) is 30.4 Å². The molecule has 0 aliphatic heterocycles. The highest BCUT2D eigenvalue weighted by Gasteiger charge is 2.12. The lowest BCUT2D eigenvalue weighted by atomic mass is 10.1.